The number of nitrogens with zero attached hydrogens (tertiary/aromatic N) is 1. The highest BCUT2D eigenvalue weighted by Gasteiger charge is 2.01. The number of halogens is 1. The zero-order chi connectivity index (χ0) is 13.2. The molecule has 0 aliphatic carbocycles. The van der Waals surface area contributed by atoms with E-state index in [9.17, 15) is 5.11 Å². The molecule has 3 rings (SSSR count). The number of thiophene rings is 1. The predicted molar refractivity (Wildman–Crippen MR) is 84.4 cm³/mol. The first-order chi connectivity index (χ1) is 9.22. The molecule has 0 unspecified atom stereocenters. The van der Waals surface area contributed by atoms with Gasteiger partial charge in [0.1, 0.15) is 11.3 Å². The lowest BCUT2D eigenvalue weighted by molar-refractivity contribution is 0.480. The monoisotopic (exact) mass is 331 g/mol. The van der Waals surface area contributed by atoms with Crippen molar-refractivity contribution in [1.29, 1.82) is 0 Å². The standard InChI is InChI=1S/C15H10BrNOS/c16-14-9-8-12(19-14)7-6-11-5-4-10-2-1-3-13(18)15(10)17-11/h1-9,18H. The third-order valence-corrected chi connectivity index (χ3v) is 4.32. The lowest BCUT2D eigenvalue weighted by atomic mass is 10.2. The molecule has 0 atom stereocenters. The Morgan fingerprint density at radius 1 is 1.05 bits per heavy atom. The lowest BCUT2D eigenvalue weighted by Gasteiger charge is -2.00. The molecule has 0 saturated heterocycles. The summed E-state index contributed by atoms with van der Waals surface area (Å²) >= 11 is 5.10. The Balaban J connectivity index is 1.97. The van der Waals surface area contributed by atoms with Crippen LogP contribution in [0.15, 0.2) is 46.3 Å². The number of para-hydroxylation sites is 1. The Kier molecular flexibility index (Phi) is 3.36. The minimum Gasteiger partial charge on any atom is -0.506 e. The summed E-state index contributed by atoms with van der Waals surface area (Å²) in [5, 5.41) is 10.7. The number of fused-ring (bicyclic) bond motifs is 1. The maximum absolute atomic E-state index is 9.79. The topological polar surface area (TPSA) is 33.1 Å². The Morgan fingerprint density at radius 2 is 1.95 bits per heavy atom. The van der Waals surface area contributed by atoms with Gasteiger partial charge in [0, 0.05) is 10.3 Å². The second kappa shape index (κ2) is 5.15. The van der Waals surface area contributed by atoms with Gasteiger partial charge in [-0.05, 0) is 52.3 Å². The van der Waals surface area contributed by atoms with Crippen molar-refractivity contribution in [2.75, 3.05) is 0 Å². The quantitative estimate of drug-likeness (QED) is 0.721. The highest BCUT2D eigenvalue weighted by atomic mass is 79.9. The fourth-order valence-electron chi connectivity index (χ4n) is 1.82. The number of phenolic OH excluding ortho intramolecular Hbond substituents is 1. The van der Waals surface area contributed by atoms with Gasteiger partial charge in [0.25, 0.3) is 0 Å². The average Bonchev–Trinajstić information content (AvgIpc) is 2.83. The zero-order valence-corrected chi connectivity index (χ0v) is 12.3. The molecule has 0 amide bonds. The molecule has 94 valence electrons. The van der Waals surface area contributed by atoms with E-state index >= 15 is 0 Å². The van der Waals surface area contributed by atoms with Crippen molar-refractivity contribution in [2.24, 2.45) is 0 Å². The SMILES string of the molecule is Oc1cccc2ccc(C=Cc3ccc(Br)s3)nc12. The van der Waals surface area contributed by atoms with Crippen LogP contribution < -0.4 is 0 Å². The summed E-state index contributed by atoms with van der Waals surface area (Å²) in [6.07, 6.45) is 3.97. The van der Waals surface area contributed by atoms with Crippen LogP contribution in [-0.4, -0.2) is 10.1 Å². The van der Waals surface area contributed by atoms with E-state index in [1.165, 1.54) is 0 Å². The van der Waals surface area contributed by atoms with Gasteiger partial charge in [-0.3, -0.25) is 0 Å². The molecule has 0 saturated carbocycles. The second-order valence-corrected chi connectivity index (χ2v) is 6.55. The first kappa shape index (κ1) is 12.4. The third-order valence-electron chi connectivity index (χ3n) is 2.73. The molecular weight excluding hydrogens is 322 g/mol. The van der Waals surface area contributed by atoms with Gasteiger partial charge in [-0.25, -0.2) is 4.98 Å². The molecule has 4 heteroatoms. The number of rotatable bonds is 2. The summed E-state index contributed by atoms with van der Waals surface area (Å²) < 4.78 is 1.11. The number of aromatic hydroxyl groups is 1. The zero-order valence-electron chi connectivity index (χ0n) is 9.88. The molecule has 3 aromatic rings. The van der Waals surface area contributed by atoms with Crippen molar-refractivity contribution in [2.45, 2.75) is 0 Å². The van der Waals surface area contributed by atoms with E-state index in [2.05, 4.69) is 20.9 Å². The van der Waals surface area contributed by atoms with Crippen LogP contribution in [0.1, 0.15) is 10.6 Å². The number of pyridine rings is 1. The largest absolute Gasteiger partial charge is 0.506 e. The second-order valence-electron chi connectivity index (χ2n) is 4.06. The third kappa shape index (κ3) is 2.69. The van der Waals surface area contributed by atoms with Crippen LogP contribution >= 0.6 is 27.3 Å². The maximum atomic E-state index is 9.79. The van der Waals surface area contributed by atoms with Crippen LogP contribution in [0.4, 0.5) is 0 Å². The van der Waals surface area contributed by atoms with E-state index in [1.54, 1.807) is 17.4 Å². The molecule has 0 spiro atoms. The maximum Gasteiger partial charge on any atom is 0.141 e. The molecule has 2 heterocycles. The summed E-state index contributed by atoms with van der Waals surface area (Å²) in [5.41, 5.74) is 1.47. The van der Waals surface area contributed by atoms with Crippen molar-refractivity contribution >= 4 is 50.3 Å². The Bertz CT molecular complexity index is 764. The smallest absolute Gasteiger partial charge is 0.141 e. The normalized spacial score (nSPS) is 11.4. The lowest BCUT2D eigenvalue weighted by Crippen LogP contribution is -1.83. The van der Waals surface area contributed by atoms with E-state index in [-0.39, 0.29) is 5.75 Å². The molecule has 0 bridgehead atoms. The van der Waals surface area contributed by atoms with Crippen molar-refractivity contribution in [3.8, 4) is 5.75 Å². The van der Waals surface area contributed by atoms with E-state index in [4.69, 9.17) is 0 Å². The molecule has 19 heavy (non-hydrogen) atoms. The van der Waals surface area contributed by atoms with E-state index in [1.807, 2.05) is 48.6 Å². The predicted octanol–water partition coefficient (Wildman–Crippen LogP) is 4.93. The van der Waals surface area contributed by atoms with Crippen LogP contribution in [0.5, 0.6) is 5.75 Å². The molecule has 2 aromatic heterocycles. The molecular formula is C15H10BrNOS. The Hall–Kier alpha value is -1.65. The van der Waals surface area contributed by atoms with Crippen LogP contribution in [-0.2, 0) is 0 Å². The first-order valence-corrected chi connectivity index (χ1v) is 7.35. The average molecular weight is 332 g/mol. The van der Waals surface area contributed by atoms with E-state index in [0.717, 1.165) is 19.7 Å². The van der Waals surface area contributed by atoms with Gasteiger partial charge in [0.05, 0.1) is 9.48 Å². The van der Waals surface area contributed by atoms with Crippen molar-refractivity contribution in [1.82, 2.24) is 4.98 Å². The Morgan fingerprint density at radius 3 is 2.74 bits per heavy atom. The summed E-state index contributed by atoms with van der Waals surface area (Å²) in [7, 11) is 0. The Labute approximate surface area is 123 Å². The molecule has 0 radical (unpaired) electrons. The summed E-state index contributed by atoms with van der Waals surface area (Å²) in [5.74, 6) is 0.214. The van der Waals surface area contributed by atoms with Gasteiger partial charge in [0.15, 0.2) is 0 Å². The minimum absolute atomic E-state index is 0.214. The van der Waals surface area contributed by atoms with Gasteiger partial charge in [-0.2, -0.15) is 0 Å². The molecule has 1 aromatic carbocycles. The number of hydrogen-bond donors (Lipinski definition) is 1. The van der Waals surface area contributed by atoms with Crippen molar-refractivity contribution in [3.05, 3.63) is 56.8 Å². The number of benzene rings is 1. The number of phenols is 1. The highest BCUT2D eigenvalue weighted by Crippen LogP contribution is 2.25. The molecule has 0 aliphatic heterocycles. The van der Waals surface area contributed by atoms with E-state index in [0.29, 0.717) is 5.52 Å². The van der Waals surface area contributed by atoms with Crippen molar-refractivity contribution in [3.63, 3.8) is 0 Å². The van der Waals surface area contributed by atoms with Crippen LogP contribution in [0.3, 0.4) is 0 Å². The number of aromatic nitrogens is 1. The number of hydrogen-bond acceptors (Lipinski definition) is 3. The fraction of sp³-hybridized carbons (Fsp3) is 0. The first-order valence-electron chi connectivity index (χ1n) is 5.74. The van der Waals surface area contributed by atoms with Crippen LogP contribution in [0.2, 0.25) is 0 Å². The fourth-order valence-corrected chi connectivity index (χ4v) is 3.15. The molecule has 0 fully saturated rings. The molecule has 0 aliphatic rings. The van der Waals surface area contributed by atoms with Gasteiger partial charge in [-0.15, -0.1) is 11.3 Å². The molecule has 1 N–H and O–H groups in total. The highest BCUT2D eigenvalue weighted by molar-refractivity contribution is 9.11. The van der Waals surface area contributed by atoms with Crippen molar-refractivity contribution < 1.29 is 5.11 Å². The van der Waals surface area contributed by atoms with Gasteiger partial charge in [-0.1, -0.05) is 18.2 Å². The summed E-state index contributed by atoms with van der Waals surface area (Å²) in [4.78, 5) is 5.61. The molecule has 2 nitrogen and oxygen atoms in total. The van der Waals surface area contributed by atoms with Gasteiger partial charge in [0.2, 0.25) is 0 Å². The van der Waals surface area contributed by atoms with Gasteiger partial charge >= 0.3 is 0 Å². The minimum atomic E-state index is 0.214. The van der Waals surface area contributed by atoms with E-state index < -0.39 is 0 Å². The summed E-state index contributed by atoms with van der Waals surface area (Å²) in [6, 6.07) is 13.4. The summed E-state index contributed by atoms with van der Waals surface area (Å²) in [6.45, 7) is 0. The van der Waals surface area contributed by atoms with Crippen LogP contribution in [0.25, 0.3) is 23.1 Å². The van der Waals surface area contributed by atoms with Gasteiger partial charge < -0.3 is 5.11 Å². The van der Waals surface area contributed by atoms with Crippen LogP contribution in [0, 0.1) is 0 Å².